The number of aliphatic hydroxyl groups excluding tert-OH is 1. The average molecular weight is 220 g/mol. The van der Waals surface area contributed by atoms with Gasteiger partial charge in [-0.15, -0.1) is 5.10 Å². The summed E-state index contributed by atoms with van der Waals surface area (Å²) in [5, 5.41) is 28.7. The second-order valence-electron chi connectivity index (χ2n) is 3.60. The number of hydrogen-bond donors (Lipinski definition) is 2. The van der Waals surface area contributed by atoms with Crippen LogP contribution in [0.25, 0.3) is 0 Å². The van der Waals surface area contributed by atoms with Gasteiger partial charge >= 0.3 is 0 Å². The molecule has 5 heteroatoms. The van der Waals surface area contributed by atoms with Gasteiger partial charge in [0.15, 0.2) is 5.82 Å². The zero-order valence-corrected chi connectivity index (χ0v) is 9.62. The quantitative estimate of drug-likeness (QED) is 0.727. The summed E-state index contributed by atoms with van der Waals surface area (Å²) in [6, 6.07) is 2.13. The molecule has 1 aromatic rings. The maximum atomic E-state index is 9.03. The molecule has 1 rings (SSSR count). The predicted molar refractivity (Wildman–Crippen MR) is 61.0 cm³/mol. The Morgan fingerprint density at radius 2 is 2.06 bits per heavy atom. The van der Waals surface area contributed by atoms with Crippen LogP contribution in [-0.2, 0) is 0 Å². The van der Waals surface area contributed by atoms with Crippen molar-refractivity contribution in [3.63, 3.8) is 0 Å². The maximum Gasteiger partial charge on any atom is 0.166 e. The Morgan fingerprint density at radius 3 is 2.69 bits per heavy atom. The van der Waals surface area contributed by atoms with E-state index in [9.17, 15) is 0 Å². The van der Waals surface area contributed by atoms with Crippen LogP contribution in [0.2, 0.25) is 0 Å². The lowest BCUT2D eigenvalue weighted by atomic mass is 10.1. The van der Waals surface area contributed by atoms with Crippen molar-refractivity contribution in [3.8, 4) is 6.07 Å². The van der Waals surface area contributed by atoms with Crippen LogP contribution in [0.15, 0.2) is 0 Å². The summed E-state index contributed by atoms with van der Waals surface area (Å²) in [5.74, 6) is 0.531. The van der Waals surface area contributed by atoms with E-state index in [1.165, 1.54) is 0 Å². The molecule has 86 valence electrons. The van der Waals surface area contributed by atoms with Crippen LogP contribution in [0, 0.1) is 25.2 Å². The third kappa shape index (κ3) is 2.91. The summed E-state index contributed by atoms with van der Waals surface area (Å²) in [4.78, 5) is 0. The first kappa shape index (κ1) is 12.4. The lowest BCUT2D eigenvalue weighted by molar-refractivity contribution is 0.286. The monoisotopic (exact) mass is 220 g/mol. The topological polar surface area (TPSA) is 81.8 Å². The lowest BCUT2D eigenvalue weighted by Gasteiger charge is -2.08. The van der Waals surface area contributed by atoms with Crippen LogP contribution in [0.5, 0.6) is 0 Å². The van der Waals surface area contributed by atoms with Gasteiger partial charge in [0.2, 0.25) is 0 Å². The van der Waals surface area contributed by atoms with Gasteiger partial charge in [-0.3, -0.25) is 0 Å². The summed E-state index contributed by atoms with van der Waals surface area (Å²) < 4.78 is 0. The molecule has 0 aromatic carbocycles. The summed E-state index contributed by atoms with van der Waals surface area (Å²) in [6.07, 6.45) is 1.59. The number of aliphatic hydroxyl groups is 1. The number of nitriles is 1. The maximum absolute atomic E-state index is 9.03. The summed E-state index contributed by atoms with van der Waals surface area (Å²) >= 11 is 0. The Balaban J connectivity index is 2.73. The molecule has 0 saturated heterocycles. The van der Waals surface area contributed by atoms with Gasteiger partial charge in [-0.25, -0.2) is 0 Å². The Labute approximate surface area is 95.1 Å². The van der Waals surface area contributed by atoms with Crippen LogP contribution < -0.4 is 5.32 Å². The van der Waals surface area contributed by atoms with Crippen molar-refractivity contribution >= 4 is 5.82 Å². The Kier molecular flexibility index (Phi) is 4.67. The zero-order chi connectivity index (χ0) is 12.0. The number of anilines is 1. The molecule has 0 atom stereocenters. The van der Waals surface area contributed by atoms with Crippen LogP contribution in [0.4, 0.5) is 5.82 Å². The van der Waals surface area contributed by atoms with Crippen LogP contribution >= 0.6 is 0 Å². The molecule has 0 radical (unpaired) electrons. The highest BCUT2D eigenvalue weighted by molar-refractivity contribution is 5.55. The molecule has 1 heterocycles. The van der Waals surface area contributed by atoms with Crippen molar-refractivity contribution in [3.05, 3.63) is 16.8 Å². The van der Waals surface area contributed by atoms with Gasteiger partial charge in [0, 0.05) is 13.2 Å². The third-order valence-corrected chi connectivity index (χ3v) is 2.44. The first-order chi connectivity index (χ1) is 7.70. The van der Waals surface area contributed by atoms with Gasteiger partial charge in [-0.2, -0.15) is 10.4 Å². The summed E-state index contributed by atoms with van der Waals surface area (Å²) in [6.45, 7) is 4.57. The smallest absolute Gasteiger partial charge is 0.166 e. The number of nitrogens with zero attached hydrogens (tertiary/aromatic N) is 3. The van der Waals surface area contributed by atoms with Gasteiger partial charge in [0.1, 0.15) is 11.6 Å². The van der Waals surface area contributed by atoms with E-state index in [4.69, 9.17) is 10.4 Å². The molecular formula is C11H16N4O. The fourth-order valence-electron chi connectivity index (χ4n) is 1.31. The van der Waals surface area contributed by atoms with Gasteiger partial charge in [-0.1, -0.05) is 0 Å². The molecule has 0 aliphatic heterocycles. The molecule has 0 bridgehead atoms. The SMILES string of the molecule is Cc1nnc(NCCCCO)c(C#N)c1C. The summed E-state index contributed by atoms with van der Waals surface area (Å²) in [7, 11) is 0. The minimum Gasteiger partial charge on any atom is -0.396 e. The second kappa shape index (κ2) is 6.03. The molecule has 5 nitrogen and oxygen atoms in total. The van der Waals surface area contributed by atoms with Crippen molar-refractivity contribution in [1.29, 1.82) is 5.26 Å². The van der Waals surface area contributed by atoms with Crippen molar-refractivity contribution in [2.24, 2.45) is 0 Å². The third-order valence-electron chi connectivity index (χ3n) is 2.44. The molecular weight excluding hydrogens is 204 g/mol. The molecule has 16 heavy (non-hydrogen) atoms. The highest BCUT2D eigenvalue weighted by Gasteiger charge is 2.09. The molecule has 0 spiro atoms. The summed E-state index contributed by atoms with van der Waals surface area (Å²) in [5.41, 5.74) is 2.19. The van der Waals surface area contributed by atoms with E-state index in [-0.39, 0.29) is 6.61 Å². The number of hydrogen-bond acceptors (Lipinski definition) is 5. The van der Waals surface area contributed by atoms with E-state index in [0.717, 1.165) is 24.1 Å². The van der Waals surface area contributed by atoms with E-state index in [0.29, 0.717) is 17.9 Å². The normalized spacial score (nSPS) is 9.88. The average Bonchev–Trinajstić information content (AvgIpc) is 2.29. The number of nitrogens with one attached hydrogen (secondary N) is 1. The minimum atomic E-state index is 0.186. The zero-order valence-electron chi connectivity index (χ0n) is 9.62. The molecule has 0 aliphatic rings. The fraction of sp³-hybridized carbons (Fsp3) is 0.545. The molecule has 0 saturated carbocycles. The Hall–Kier alpha value is -1.67. The minimum absolute atomic E-state index is 0.186. The molecule has 0 fully saturated rings. The van der Waals surface area contributed by atoms with Gasteiger partial charge < -0.3 is 10.4 Å². The van der Waals surface area contributed by atoms with Crippen molar-refractivity contribution in [1.82, 2.24) is 10.2 Å². The van der Waals surface area contributed by atoms with E-state index in [2.05, 4.69) is 21.6 Å². The largest absolute Gasteiger partial charge is 0.396 e. The van der Waals surface area contributed by atoms with Crippen LogP contribution in [-0.4, -0.2) is 28.5 Å². The second-order valence-corrected chi connectivity index (χ2v) is 3.60. The molecule has 0 amide bonds. The number of rotatable bonds is 5. The molecule has 2 N–H and O–H groups in total. The van der Waals surface area contributed by atoms with Crippen LogP contribution in [0.3, 0.4) is 0 Å². The first-order valence-electron chi connectivity index (χ1n) is 5.29. The van der Waals surface area contributed by atoms with Crippen molar-refractivity contribution in [2.45, 2.75) is 26.7 Å². The molecule has 0 aliphatic carbocycles. The van der Waals surface area contributed by atoms with E-state index >= 15 is 0 Å². The van der Waals surface area contributed by atoms with E-state index in [1.54, 1.807) is 0 Å². The van der Waals surface area contributed by atoms with Gasteiger partial charge in [-0.05, 0) is 32.3 Å². The number of aromatic nitrogens is 2. The number of unbranched alkanes of at least 4 members (excludes halogenated alkanes) is 1. The van der Waals surface area contributed by atoms with E-state index < -0.39 is 0 Å². The Bertz CT molecular complexity index is 398. The van der Waals surface area contributed by atoms with E-state index in [1.807, 2.05) is 13.8 Å². The lowest BCUT2D eigenvalue weighted by Crippen LogP contribution is -2.09. The highest BCUT2D eigenvalue weighted by atomic mass is 16.2. The highest BCUT2D eigenvalue weighted by Crippen LogP contribution is 2.16. The predicted octanol–water partition coefficient (Wildman–Crippen LogP) is 1.15. The first-order valence-corrected chi connectivity index (χ1v) is 5.29. The fourth-order valence-corrected chi connectivity index (χ4v) is 1.31. The standard InChI is InChI=1S/C11H16N4O/c1-8-9(2)14-15-11(10(8)7-12)13-5-3-4-6-16/h16H,3-6H2,1-2H3,(H,13,15). The van der Waals surface area contributed by atoms with Crippen molar-refractivity contribution < 1.29 is 5.11 Å². The Morgan fingerprint density at radius 1 is 1.31 bits per heavy atom. The molecule has 0 unspecified atom stereocenters. The van der Waals surface area contributed by atoms with Gasteiger partial charge in [0.05, 0.1) is 5.69 Å². The van der Waals surface area contributed by atoms with Gasteiger partial charge in [0.25, 0.3) is 0 Å². The number of aryl methyl sites for hydroxylation is 1. The molecule has 1 aromatic heterocycles. The van der Waals surface area contributed by atoms with Crippen LogP contribution in [0.1, 0.15) is 29.7 Å². The van der Waals surface area contributed by atoms with Crippen molar-refractivity contribution in [2.75, 3.05) is 18.5 Å².